The molecule has 4 rings (SSSR count). The van der Waals surface area contributed by atoms with E-state index in [2.05, 4.69) is 15.2 Å². The van der Waals surface area contributed by atoms with E-state index in [1.54, 1.807) is 11.3 Å². The second kappa shape index (κ2) is 6.85. The van der Waals surface area contributed by atoms with Crippen LogP contribution in [0.25, 0.3) is 4.96 Å². The molecule has 7 heteroatoms. The van der Waals surface area contributed by atoms with Gasteiger partial charge in [0.2, 0.25) is 5.91 Å². The molecule has 1 amide bonds. The maximum Gasteiger partial charge on any atom is 0.234 e. The minimum Gasteiger partial charge on any atom is -0.492 e. The average molecular weight is 356 g/mol. The fourth-order valence-electron chi connectivity index (χ4n) is 3.03. The van der Waals surface area contributed by atoms with Crippen LogP contribution in [-0.4, -0.2) is 39.9 Å². The highest BCUT2D eigenvalue weighted by Gasteiger charge is 2.19. The molecule has 0 aliphatic carbocycles. The lowest BCUT2D eigenvalue weighted by molar-refractivity contribution is -0.123. The van der Waals surface area contributed by atoms with E-state index in [4.69, 9.17) is 4.74 Å². The summed E-state index contributed by atoms with van der Waals surface area (Å²) in [6.45, 7) is 4.36. The van der Waals surface area contributed by atoms with Crippen LogP contribution in [0.4, 0.5) is 0 Å². The number of rotatable bonds is 4. The number of nitrogens with zero attached hydrogens (tertiary/aromatic N) is 3. The average Bonchev–Trinajstić information content (AvgIpc) is 3.12. The largest absolute Gasteiger partial charge is 0.492 e. The van der Waals surface area contributed by atoms with Crippen molar-refractivity contribution in [3.05, 3.63) is 53.3 Å². The first-order chi connectivity index (χ1) is 12.2. The standard InChI is InChI=1S/C18H20N4O2S/c1-13(15-11-22-7-9-25-18(22)20-15)19-17(23)12-21-6-8-24-16-5-3-2-4-14(16)10-21/h2-5,7,9,11,13H,6,8,10,12H2,1H3,(H,19,23)/t13-/m0/s1. The van der Waals surface area contributed by atoms with Crippen LogP contribution in [0.3, 0.4) is 0 Å². The molecule has 3 heterocycles. The Morgan fingerprint density at radius 3 is 3.20 bits per heavy atom. The molecule has 0 bridgehead atoms. The Bertz CT molecular complexity index is 859. The number of aromatic nitrogens is 2. The molecule has 0 saturated heterocycles. The Balaban J connectivity index is 1.37. The molecule has 130 valence electrons. The Kier molecular flexibility index (Phi) is 4.42. The third kappa shape index (κ3) is 3.52. The highest BCUT2D eigenvalue weighted by atomic mass is 32.1. The topological polar surface area (TPSA) is 58.9 Å². The molecule has 1 aliphatic heterocycles. The minimum atomic E-state index is -0.116. The van der Waals surface area contributed by atoms with Crippen molar-refractivity contribution in [1.82, 2.24) is 19.6 Å². The Labute approximate surface area is 150 Å². The molecule has 6 nitrogen and oxygen atoms in total. The number of hydrogen-bond donors (Lipinski definition) is 1. The molecule has 1 aliphatic rings. The second-order valence-corrected chi connectivity index (χ2v) is 7.09. The molecule has 0 unspecified atom stereocenters. The zero-order valence-electron chi connectivity index (χ0n) is 14.0. The van der Waals surface area contributed by atoms with Gasteiger partial charge in [-0.2, -0.15) is 0 Å². The molecule has 0 spiro atoms. The van der Waals surface area contributed by atoms with Crippen LogP contribution in [0.1, 0.15) is 24.2 Å². The van der Waals surface area contributed by atoms with Crippen molar-refractivity contribution in [2.75, 3.05) is 19.7 Å². The van der Waals surface area contributed by atoms with Gasteiger partial charge < -0.3 is 10.1 Å². The first-order valence-corrected chi connectivity index (χ1v) is 9.21. The van der Waals surface area contributed by atoms with Crippen molar-refractivity contribution in [3.63, 3.8) is 0 Å². The van der Waals surface area contributed by atoms with E-state index in [9.17, 15) is 4.79 Å². The number of ether oxygens (including phenoxy) is 1. The Morgan fingerprint density at radius 2 is 2.32 bits per heavy atom. The van der Waals surface area contributed by atoms with E-state index >= 15 is 0 Å². The SMILES string of the molecule is C[C@H](NC(=O)CN1CCOc2ccccc2C1)c1cn2ccsc2n1. The molecule has 2 aromatic heterocycles. The number of nitrogens with one attached hydrogen (secondary N) is 1. The number of benzene rings is 1. The third-order valence-electron chi connectivity index (χ3n) is 4.33. The summed E-state index contributed by atoms with van der Waals surface area (Å²) in [4.78, 5) is 20.1. The number of amides is 1. The number of carbonyl (C=O) groups is 1. The maximum absolute atomic E-state index is 12.4. The Hall–Kier alpha value is -2.38. The number of carbonyl (C=O) groups excluding carboxylic acids is 1. The van der Waals surface area contributed by atoms with Crippen molar-refractivity contribution < 1.29 is 9.53 Å². The molecule has 0 radical (unpaired) electrons. The molecule has 0 saturated carbocycles. The lowest BCUT2D eigenvalue weighted by Gasteiger charge is -2.20. The number of imidazole rings is 1. The van der Waals surface area contributed by atoms with Gasteiger partial charge in [-0.15, -0.1) is 11.3 Å². The van der Waals surface area contributed by atoms with Gasteiger partial charge in [0.15, 0.2) is 4.96 Å². The first-order valence-electron chi connectivity index (χ1n) is 8.33. The van der Waals surface area contributed by atoms with Crippen LogP contribution in [0.2, 0.25) is 0 Å². The van der Waals surface area contributed by atoms with E-state index in [1.807, 2.05) is 53.4 Å². The van der Waals surface area contributed by atoms with Gasteiger partial charge >= 0.3 is 0 Å². The fourth-order valence-corrected chi connectivity index (χ4v) is 3.74. The van der Waals surface area contributed by atoms with E-state index in [0.29, 0.717) is 13.2 Å². The van der Waals surface area contributed by atoms with Gasteiger partial charge in [-0.25, -0.2) is 4.98 Å². The van der Waals surface area contributed by atoms with Gasteiger partial charge in [0.25, 0.3) is 0 Å². The summed E-state index contributed by atoms with van der Waals surface area (Å²) >= 11 is 1.59. The zero-order valence-corrected chi connectivity index (χ0v) is 14.8. The second-order valence-electron chi connectivity index (χ2n) is 6.21. The predicted octanol–water partition coefficient (Wildman–Crippen LogP) is 2.47. The van der Waals surface area contributed by atoms with E-state index < -0.39 is 0 Å². The predicted molar refractivity (Wildman–Crippen MR) is 96.8 cm³/mol. The van der Waals surface area contributed by atoms with Gasteiger partial charge in [-0.1, -0.05) is 18.2 Å². The van der Waals surface area contributed by atoms with Crippen LogP contribution < -0.4 is 10.1 Å². The maximum atomic E-state index is 12.4. The Morgan fingerprint density at radius 1 is 1.44 bits per heavy atom. The fraction of sp³-hybridized carbons (Fsp3) is 0.333. The first kappa shape index (κ1) is 16.1. The van der Waals surface area contributed by atoms with Crippen molar-refractivity contribution in [3.8, 4) is 5.75 Å². The number of hydrogen-bond acceptors (Lipinski definition) is 5. The van der Waals surface area contributed by atoms with Crippen LogP contribution in [0.15, 0.2) is 42.0 Å². The van der Waals surface area contributed by atoms with Crippen LogP contribution in [0, 0.1) is 0 Å². The van der Waals surface area contributed by atoms with Gasteiger partial charge in [0.05, 0.1) is 18.3 Å². The van der Waals surface area contributed by atoms with Crippen LogP contribution in [-0.2, 0) is 11.3 Å². The minimum absolute atomic E-state index is 0.00300. The summed E-state index contributed by atoms with van der Waals surface area (Å²) in [5.41, 5.74) is 2.00. The molecule has 1 aromatic carbocycles. The highest BCUT2D eigenvalue weighted by Crippen LogP contribution is 2.22. The summed E-state index contributed by atoms with van der Waals surface area (Å²) in [7, 11) is 0. The lowest BCUT2D eigenvalue weighted by atomic mass is 10.2. The van der Waals surface area contributed by atoms with Crippen molar-refractivity contribution in [2.45, 2.75) is 19.5 Å². The van der Waals surface area contributed by atoms with E-state index in [1.165, 1.54) is 0 Å². The summed E-state index contributed by atoms with van der Waals surface area (Å²) in [6, 6.07) is 7.88. The quantitative estimate of drug-likeness (QED) is 0.780. The van der Waals surface area contributed by atoms with Crippen LogP contribution in [0.5, 0.6) is 5.75 Å². The summed E-state index contributed by atoms with van der Waals surface area (Å²) < 4.78 is 7.73. The molecular formula is C18H20N4O2S. The zero-order chi connectivity index (χ0) is 17.2. The number of fused-ring (bicyclic) bond motifs is 2. The molecule has 3 aromatic rings. The van der Waals surface area contributed by atoms with E-state index in [0.717, 1.165) is 35.1 Å². The summed E-state index contributed by atoms with van der Waals surface area (Å²) in [6.07, 6.45) is 3.94. The van der Waals surface area contributed by atoms with Crippen LogP contribution >= 0.6 is 11.3 Å². The van der Waals surface area contributed by atoms with Gasteiger partial charge in [0.1, 0.15) is 12.4 Å². The molecular weight excluding hydrogens is 336 g/mol. The monoisotopic (exact) mass is 356 g/mol. The molecule has 0 fully saturated rings. The summed E-state index contributed by atoms with van der Waals surface area (Å²) in [5.74, 6) is 0.917. The van der Waals surface area contributed by atoms with E-state index in [-0.39, 0.29) is 11.9 Å². The third-order valence-corrected chi connectivity index (χ3v) is 5.10. The molecule has 1 atom stereocenters. The smallest absolute Gasteiger partial charge is 0.234 e. The van der Waals surface area contributed by atoms with Gasteiger partial charge in [-0.05, 0) is 13.0 Å². The van der Waals surface area contributed by atoms with Gasteiger partial charge in [-0.3, -0.25) is 14.1 Å². The normalized spacial score (nSPS) is 16.0. The van der Waals surface area contributed by atoms with Crippen molar-refractivity contribution in [1.29, 1.82) is 0 Å². The molecule has 25 heavy (non-hydrogen) atoms. The highest BCUT2D eigenvalue weighted by molar-refractivity contribution is 7.15. The molecule has 1 N–H and O–H groups in total. The number of para-hydroxylation sites is 1. The number of thiazole rings is 1. The summed E-state index contributed by atoms with van der Waals surface area (Å²) in [5, 5.41) is 5.04. The lowest BCUT2D eigenvalue weighted by Crippen LogP contribution is -2.39. The van der Waals surface area contributed by atoms with Gasteiger partial charge in [0, 0.05) is 36.4 Å². The van der Waals surface area contributed by atoms with Crippen molar-refractivity contribution in [2.24, 2.45) is 0 Å². The van der Waals surface area contributed by atoms with Crippen molar-refractivity contribution >= 4 is 22.2 Å².